The van der Waals surface area contributed by atoms with Crippen molar-refractivity contribution < 1.29 is 5.11 Å². The Bertz CT molecular complexity index is 624. The maximum atomic E-state index is 11.3. The topological polar surface area (TPSA) is 106 Å². The normalized spacial score (nSPS) is 10.3. The van der Waals surface area contributed by atoms with Crippen molar-refractivity contribution in [2.45, 2.75) is 6.92 Å². The van der Waals surface area contributed by atoms with Crippen LogP contribution in [-0.2, 0) is 7.05 Å². The highest BCUT2D eigenvalue weighted by molar-refractivity contribution is 5.63. The number of aryl methyl sites for hydroxylation is 2. The van der Waals surface area contributed by atoms with E-state index in [0.29, 0.717) is 5.69 Å². The average Bonchev–Trinajstić information content (AvgIpc) is 2.31. The number of anilines is 3. The molecule has 0 saturated heterocycles. The number of phenols is 1. The van der Waals surface area contributed by atoms with Gasteiger partial charge in [0.2, 0.25) is 5.95 Å². The Kier molecular flexibility index (Phi) is 2.88. The molecule has 1 heterocycles. The number of nitrogens with two attached hydrogens (primary N) is 1. The molecule has 1 aromatic heterocycles. The second kappa shape index (κ2) is 4.36. The third-order valence-corrected chi connectivity index (χ3v) is 2.38. The molecule has 94 valence electrons. The van der Waals surface area contributed by atoms with Crippen LogP contribution in [0, 0.1) is 6.92 Å². The summed E-state index contributed by atoms with van der Waals surface area (Å²) in [5.41, 5.74) is 6.41. The summed E-state index contributed by atoms with van der Waals surface area (Å²) in [6, 6.07) is 5.07. The monoisotopic (exact) mass is 247 g/mol. The van der Waals surface area contributed by atoms with Crippen LogP contribution in [0.15, 0.2) is 23.0 Å². The third-order valence-electron chi connectivity index (χ3n) is 2.38. The lowest BCUT2D eigenvalue weighted by molar-refractivity contribution is 0.477. The molecule has 1 aromatic carbocycles. The number of nitrogens with zero attached hydrogens (tertiary/aromatic N) is 3. The van der Waals surface area contributed by atoms with Crippen molar-refractivity contribution in [1.82, 2.24) is 14.8 Å². The predicted molar refractivity (Wildman–Crippen MR) is 67.8 cm³/mol. The van der Waals surface area contributed by atoms with E-state index in [1.807, 2.05) is 6.92 Å². The molecule has 7 nitrogen and oxygen atoms in total. The molecule has 4 N–H and O–H groups in total. The van der Waals surface area contributed by atoms with Gasteiger partial charge in [-0.25, -0.2) is 4.68 Å². The lowest BCUT2D eigenvalue weighted by Crippen LogP contribution is -2.25. The Morgan fingerprint density at radius 1 is 1.44 bits per heavy atom. The zero-order valence-corrected chi connectivity index (χ0v) is 10.0. The molecule has 0 bridgehead atoms. The minimum atomic E-state index is -0.464. The van der Waals surface area contributed by atoms with Gasteiger partial charge in [-0.2, -0.15) is 4.98 Å². The molecule has 0 aliphatic heterocycles. The largest absolute Gasteiger partial charge is 0.506 e. The summed E-state index contributed by atoms with van der Waals surface area (Å²) in [4.78, 5) is 15.1. The number of benzene rings is 1. The van der Waals surface area contributed by atoms with E-state index in [-0.39, 0.29) is 17.5 Å². The van der Waals surface area contributed by atoms with Gasteiger partial charge in [0.25, 0.3) is 0 Å². The summed E-state index contributed by atoms with van der Waals surface area (Å²) in [5.74, 6) is 0.0641. The van der Waals surface area contributed by atoms with E-state index in [0.717, 1.165) is 10.2 Å². The SMILES string of the molecule is Cc1ccc(O)c(Nc2nc(N)c(=O)n(C)n2)c1. The van der Waals surface area contributed by atoms with Crippen LogP contribution in [0.4, 0.5) is 17.5 Å². The van der Waals surface area contributed by atoms with Gasteiger partial charge in [0.1, 0.15) is 5.75 Å². The first-order valence-corrected chi connectivity index (χ1v) is 5.25. The molecular weight excluding hydrogens is 234 g/mol. The highest BCUT2D eigenvalue weighted by atomic mass is 16.3. The van der Waals surface area contributed by atoms with Gasteiger partial charge < -0.3 is 16.2 Å². The van der Waals surface area contributed by atoms with Crippen molar-refractivity contribution in [1.29, 1.82) is 0 Å². The zero-order valence-electron chi connectivity index (χ0n) is 10.0. The maximum Gasteiger partial charge on any atom is 0.309 e. The molecule has 0 atom stereocenters. The van der Waals surface area contributed by atoms with Crippen molar-refractivity contribution in [2.24, 2.45) is 7.05 Å². The van der Waals surface area contributed by atoms with Crippen LogP contribution < -0.4 is 16.6 Å². The molecule has 2 rings (SSSR count). The van der Waals surface area contributed by atoms with Crippen LogP contribution in [-0.4, -0.2) is 19.9 Å². The Labute approximate surface area is 103 Å². The molecule has 0 saturated carbocycles. The summed E-state index contributed by atoms with van der Waals surface area (Å²) < 4.78 is 1.08. The van der Waals surface area contributed by atoms with Gasteiger partial charge in [0, 0.05) is 7.05 Å². The first kappa shape index (κ1) is 11.9. The highest BCUT2D eigenvalue weighted by Crippen LogP contribution is 2.25. The Balaban J connectivity index is 2.40. The smallest absolute Gasteiger partial charge is 0.309 e. The Hall–Kier alpha value is -2.57. The summed E-state index contributed by atoms with van der Waals surface area (Å²) in [7, 11) is 1.47. The van der Waals surface area contributed by atoms with Gasteiger partial charge in [-0.05, 0) is 24.6 Å². The van der Waals surface area contributed by atoms with Gasteiger partial charge in [0.05, 0.1) is 5.69 Å². The fourth-order valence-electron chi connectivity index (χ4n) is 1.46. The van der Waals surface area contributed by atoms with Gasteiger partial charge in [0.15, 0.2) is 5.82 Å². The number of nitrogens with one attached hydrogen (secondary N) is 1. The molecule has 0 aliphatic carbocycles. The second-order valence-corrected chi connectivity index (χ2v) is 3.90. The van der Waals surface area contributed by atoms with Gasteiger partial charge in [-0.15, -0.1) is 5.10 Å². The fourth-order valence-corrected chi connectivity index (χ4v) is 1.46. The van der Waals surface area contributed by atoms with E-state index in [9.17, 15) is 9.90 Å². The molecule has 7 heteroatoms. The van der Waals surface area contributed by atoms with E-state index < -0.39 is 5.56 Å². The van der Waals surface area contributed by atoms with Gasteiger partial charge >= 0.3 is 5.56 Å². The number of hydrogen-bond donors (Lipinski definition) is 3. The number of rotatable bonds is 2. The number of hydrogen-bond acceptors (Lipinski definition) is 6. The highest BCUT2D eigenvalue weighted by Gasteiger charge is 2.07. The number of aromatic hydroxyl groups is 1. The average molecular weight is 247 g/mol. The summed E-state index contributed by atoms with van der Waals surface area (Å²) in [6.45, 7) is 1.89. The maximum absolute atomic E-state index is 11.3. The molecule has 0 radical (unpaired) electrons. The van der Waals surface area contributed by atoms with Crippen LogP contribution in [0.3, 0.4) is 0 Å². The molecule has 18 heavy (non-hydrogen) atoms. The number of aromatic nitrogens is 3. The molecule has 0 spiro atoms. The number of nitrogen functional groups attached to an aromatic ring is 1. The van der Waals surface area contributed by atoms with Crippen molar-refractivity contribution >= 4 is 17.5 Å². The minimum Gasteiger partial charge on any atom is -0.506 e. The van der Waals surface area contributed by atoms with Crippen LogP contribution >= 0.6 is 0 Å². The Morgan fingerprint density at radius 3 is 2.83 bits per heavy atom. The van der Waals surface area contributed by atoms with E-state index in [4.69, 9.17) is 5.73 Å². The van der Waals surface area contributed by atoms with Gasteiger partial charge in [-0.3, -0.25) is 4.79 Å². The third kappa shape index (κ3) is 2.24. The quantitative estimate of drug-likeness (QED) is 0.668. The second-order valence-electron chi connectivity index (χ2n) is 3.90. The summed E-state index contributed by atoms with van der Waals surface area (Å²) >= 11 is 0. The minimum absolute atomic E-state index is 0.0663. The summed E-state index contributed by atoms with van der Waals surface area (Å²) in [5, 5.41) is 16.4. The standard InChI is InChI=1S/C11H13N5O2/c1-6-3-4-8(17)7(5-6)13-11-14-9(12)10(18)16(2)15-11/h3-5,17H,1-2H3,(H3,12,13,14,15). The van der Waals surface area contributed by atoms with E-state index in [1.165, 1.54) is 7.05 Å². The van der Waals surface area contributed by atoms with Crippen molar-refractivity contribution in [3.05, 3.63) is 34.1 Å². The van der Waals surface area contributed by atoms with Crippen molar-refractivity contribution in [3.63, 3.8) is 0 Å². The molecular formula is C11H13N5O2. The van der Waals surface area contributed by atoms with Crippen LogP contribution in [0.5, 0.6) is 5.75 Å². The van der Waals surface area contributed by atoms with Crippen LogP contribution in [0.1, 0.15) is 5.56 Å². The molecule has 2 aromatic rings. The molecule has 0 amide bonds. The zero-order chi connectivity index (χ0) is 13.3. The van der Waals surface area contributed by atoms with Gasteiger partial charge in [-0.1, -0.05) is 6.07 Å². The van der Waals surface area contributed by atoms with Crippen LogP contribution in [0.2, 0.25) is 0 Å². The predicted octanol–water partition coefficient (Wildman–Crippen LogP) is 0.515. The van der Waals surface area contributed by atoms with E-state index in [2.05, 4.69) is 15.4 Å². The number of phenolic OH excluding ortho intramolecular Hbond substituents is 1. The van der Waals surface area contributed by atoms with Crippen LogP contribution in [0.25, 0.3) is 0 Å². The molecule has 0 aliphatic rings. The molecule has 0 unspecified atom stereocenters. The summed E-state index contributed by atoms with van der Waals surface area (Å²) in [6.07, 6.45) is 0. The van der Waals surface area contributed by atoms with Crippen molar-refractivity contribution in [2.75, 3.05) is 11.1 Å². The first-order chi connectivity index (χ1) is 8.47. The first-order valence-electron chi connectivity index (χ1n) is 5.25. The Morgan fingerprint density at radius 2 is 2.17 bits per heavy atom. The lowest BCUT2D eigenvalue weighted by atomic mass is 10.2. The van der Waals surface area contributed by atoms with E-state index in [1.54, 1.807) is 18.2 Å². The fraction of sp³-hybridized carbons (Fsp3) is 0.182. The van der Waals surface area contributed by atoms with E-state index >= 15 is 0 Å². The molecule has 0 fully saturated rings. The van der Waals surface area contributed by atoms with Crippen molar-refractivity contribution in [3.8, 4) is 5.75 Å². The lowest BCUT2D eigenvalue weighted by Gasteiger charge is -2.08.